The second-order valence-corrected chi connectivity index (χ2v) is 5.17. The monoisotopic (exact) mass is 282 g/mol. The van der Waals surface area contributed by atoms with Crippen molar-refractivity contribution in [3.63, 3.8) is 0 Å². The quantitative estimate of drug-likeness (QED) is 0.697. The summed E-state index contributed by atoms with van der Waals surface area (Å²) in [4.78, 5) is 2.49. The number of rotatable bonds is 8. The minimum Gasteiger partial charge on any atom is -0.393 e. The maximum absolute atomic E-state index is 9.71. The topological polar surface area (TPSA) is 58.7 Å². The summed E-state index contributed by atoms with van der Waals surface area (Å²) in [6, 6.07) is 9.94. The Bertz CT molecular complexity index is 386. The molecule has 0 bridgehead atoms. The van der Waals surface area contributed by atoms with Crippen molar-refractivity contribution in [1.29, 1.82) is 0 Å². The molecule has 0 spiro atoms. The zero-order valence-electron chi connectivity index (χ0n) is 11.5. The molecule has 2 atom stereocenters. The van der Waals surface area contributed by atoms with E-state index in [0.717, 1.165) is 5.56 Å². The van der Waals surface area contributed by atoms with Gasteiger partial charge in [-0.05, 0) is 12.6 Å². The van der Waals surface area contributed by atoms with Crippen LogP contribution in [0.2, 0.25) is 0 Å². The Hall–Kier alpha value is -1.01. The molecular weight excluding hydrogens is 260 g/mol. The molecule has 0 aromatic heterocycles. The van der Waals surface area contributed by atoms with Crippen LogP contribution in [0.1, 0.15) is 11.5 Å². The van der Waals surface area contributed by atoms with E-state index in [-0.39, 0.29) is 5.92 Å². The van der Waals surface area contributed by atoms with Crippen LogP contribution in [0.15, 0.2) is 30.3 Å². The van der Waals surface area contributed by atoms with Gasteiger partial charge in [0.05, 0.1) is 17.7 Å². The molecule has 0 aliphatic heterocycles. The normalized spacial score (nSPS) is 14.3. The van der Waals surface area contributed by atoms with Crippen LogP contribution in [-0.2, 0) is 4.74 Å². The molecule has 19 heavy (non-hydrogen) atoms. The van der Waals surface area contributed by atoms with Crippen LogP contribution in [0.3, 0.4) is 0 Å². The molecular formula is C14H22N2O2S. The van der Waals surface area contributed by atoms with Crippen molar-refractivity contribution in [2.45, 2.75) is 12.0 Å². The molecule has 4 nitrogen and oxygen atoms in total. The van der Waals surface area contributed by atoms with E-state index >= 15 is 0 Å². The zero-order chi connectivity index (χ0) is 14.3. The summed E-state index contributed by atoms with van der Waals surface area (Å²) >= 11 is 5.15. The first kappa shape index (κ1) is 16.0. The van der Waals surface area contributed by atoms with Gasteiger partial charge in [-0.15, -0.1) is 0 Å². The molecule has 1 aromatic carbocycles. The fourth-order valence-electron chi connectivity index (χ4n) is 2.04. The SMILES string of the molecule is COCC(O)CN(C)CC(C(N)=S)c1ccccc1. The third kappa shape index (κ3) is 5.65. The highest BCUT2D eigenvalue weighted by atomic mass is 32.1. The number of nitrogens with zero attached hydrogens (tertiary/aromatic N) is 1. The number of aliphatic hydroxyl groups is 1. The molecule has 0 aliphatic rings. The van der Waals surface area contributed by atoms with Gasteiger partial charge in [0.25, 0.3) is 0 Å². The minimum absolute atomic E-state index is 0.00375. The van der Waals surface area contributed by atoms with Crippen LogP contribution in [-0.4, -0.2) is 55.0 Å². The van der Waals surface area contributed by atoms with Gasteiger partial charge in [0.1, 0.15) is 0 Å². The zero-order valence-corrected chi connectivity index (χ0v) is 12.3. The summed E-state index contributed by atoms with van der Waals surface area (Å²) in [5.41, 5.74) is 6.92. The second-order valence-electron chi connectivity index (χ2n) is 4.70. The molecule has 0 saturated carbocycles. The van der Waals surface area contributed by atoms with Crippen LogP contribution >= 0.6 is 12.2 Å². The van der Waals surface area contributed by atoms with E-state index in [2.05, 4.69) is 0 Å². The lowest BCUT2D eigenvalue weighted by atomic mass is 9.98. The highest BCUT2D eigenvalue weighted by molar-refractivity contribution is 7.80. The number of hydrogen-bond donors (Lipinski definition) is 2. The summed E-state index contributed by atoms with van der Waals surface area (Å²) in [7, 11) is 3.51. The van der Waals surface area contributed by atoms with Gasteiger partial charge in [-0.25, -0.2) is 0 Å². The average molecular weight is 282 g/mol. The number of methoxy groups -OCH3 is 1. The Morgan fingerprint density at radius 2 is 2.00 bits per heavy atom. The maximum Gasteiger partial charge on any atom is 0.0899 e. The van der Waals surface area contributed by atoms with Crippen molar-refractivity contribution in [2.24, 2.45) is 5.73 Å². The molecule has 2 unspecified atom stereocenters. The number of ether oxygens (including phenoxy) is 1. The van der Waals surface area contributed by atoms with Crippen LogP contribution < -0.4 is 5.73 Å². The van der Waals surface area contributed by atoms with Crippen molar-refractivity contribution in [1.82, 2.24) is 4.90 Å². The van der Waals surface area contributed by atoms with E-state index in [1.165, 1.54) is 0 Å². The van der Waals surface area contributed by atoms with E-state index in [0.29, 0.717) is 24.7 Å². The second kappa shape index (κ2) is 8.22. The Balaban J connectivity index is 2.62. The molecule has 0 radical (unpaired) electrons. The summed E-state index contributed by atoms with van der Waals surface area (Å²) in [6.45, 7) is 1.54. The molecule has 0 aliphatic carbocycles. The molecule has 1 rings (SSSR count). The molecule has 0 heterocycles. The number of likely N-dealkylation sites (N-methyl/N-ethyl adjacent to an activating group) is 1. The summed E-state index contributed by atoms with van der Waals surface area (Å²) < 4.78 is 4.91. The fraction of sp³-hybridized carbons (Fsp3) is 0.500. The first-order chi connectivity index (χ1) is 9.04. The molecule has 0 amide bonds. The molecule has 106 valence electrons. The predicted molar refractivity (Wildman–Crippen MR) is 81.3 cm³/mol. The highest BCUT2D eigenvalue weighted by Gasteiger charge is 2.18. The Labute approximate surface area is 120 Å². The van der Waals surface area contributed by atoms with E-state index in [9.17, 15) is 5.11 Å². The highest BCUT2D eigenvalue weighted by Crippen LogP contribution is 2.17. The first-order valence-corrected chi connectivity index (χ1v) is 6.65. The minimum atomic E-state index is -0.502. The maximum atomic E-state index is 9.71. The van der Waals surface area contributed by atoms with Crippen LogP contribution in [0.5, 0.6) is 0 Å². The van der Waals surface area contributed by atoms with Crippen molar-refractivity contribution < 1.29 is 9.84 Å². The molecule has 0 fully saturated rings. The van der Waals surface area contributed by atoms with Gasteiger partial charge in [-0.1, -0.05) is 42.5 Å². The Morgan fingerprint density at radius 3 is 2.53 bits per heavy atom. The van der Waals surface area contributed by atoms with E-state index in [4.69, 9.17) is 22.7 Å². The van der Waals surface area contributed by atoms with Crippen molar-refractivity contribution in [3.8, 4) is 0 Å². The lowest BCUT2D eigenvalue weighted by Gasteiger charge is -2.25. The number of hydrogen-bond acceptors (Lipinski definition) is 4. The summed E-state index contributed by atoms with van der Waals surface area (Å²) in [5.74, 6) is -0.00375. The van der Waals surface area contributed by atoms with Gasteiger partial charge in [-0.3, -0.25) is 0 Å². The molecule has 0 saturated heterocycles. The predicted octanol–water partition coefficient (Wildman–Crippen LogP) is 0.995. The van der Waals surface area contributed by atoms with Crippen LogP contribution in [0.4, 0.5) is 0 Å². The number of aliphatic hydroxyl groups excluding tert-OH is 1. The third-order valence-electron chi connectivity index (χ3n) is 2.92. The smallest absolute Gasteiger partial charge is 0.0899 e. The van der Waals surface area contributed by atoms with Gasteiger partial charge < -0.3 is 20.5 Å². The Morgan fingerprint density at radius 1 is 1.37 bits per heavy atom. The van der Waals surface area contributed by atoms with Crippen LogP contribution in [0.25, 0.3) is 0 Å². The van der Waals surface area contributed by atoms with Gasteiger partial charge in [0.15, 0.2) is 0 Å². The lowest BCUT2D eigenvalue weighted by molar-refractivity contribution is 0.0431. The fourth-order valence-corrected chi connectivity index (χ4v) is 2.25. The number of thiocarbonyl (C=S) groups is 1. The number of benzene rings is 1. The van der Waals surface area contributed by atoms with E-state index in [1.54, 1.807) is 7.11 Å². The first-order valence-electron chi connectivity index (χ1n) is 6.24. The van der Waals surface area contributed by atoms with E-state index < -0.39 is 6.10 Å². The molecule has 5 heteroatoms. The van der Waals surface area contributed by atoms with Crippen molar-refractivity contribution in [2.75, 3.05) is 33.9 Å². The molecule has 3 N–H and O–H groups in total. The van der Waals surface area contributed by atoms with Gasteiger partial charge in [0, 0.05) is 26.1 Å². The summed E-state index contributed by atoms with van der Waals surface area (Å²) in [6.07, 6.45) is -0.502. The van der Waals surface area contributed by atoms with E-state index in [1.807, 2.05) is 42.3 Å². The number of nitrogens with two attached hydrogens (primary N) is 1. The van der Waals surface area contributed by atoms with Crippen LogP contribution in [0, 0.1) is 0 Å². The van der Waals surface area contributed by atoms with Crippen molar-refractivity contribution >= 4 is 17.2 Å². The third-order valence-corrected chi connectivity index (χ3v) is 3.21. The van der Waals surface area contributed by atoms with Gasteiger partial charge in [0.2, 0.25) is 0 Å². The van der Waals surface area contributed by atoms with Crippen molar-refractivity contribution in [3.05, 3.63) is 35.9 Å². The lowest BCUT2D eigenvalue weighted by Crippen LogP contribution is -2.37. The van der Waals surface area contributed by atoms with Gasteiger partial charge in [-0.2, -0.15) is 0 Å². The molecule has 1 aromatic rings. The van der Waals surface area contributed by atoms with Gasteiger partial charge >= 0.3 is 0 Å². The average Bonchev–Trinajstić information content (AvgIpc) is 2.37. The summed E-state index contributed by atoms with van der Waals surface area (Å²) in [5, 5.41) is 9.71. The Kier molecular flexibility index (Phi) is 6.94. The standard InChI is InChI=1S/C14H22N2O2S/c1-16(8-12(17)10-18-2)9-13(14(15)19)11-6-4-3-5-7-11/h3-7,12-13,17H,8-10H2,1-2H3,(H2,15,19). The largest absolute Gasteiger partial charge is 0.393 e.